The van der Waals surface area contributed by atoms with Gasteiger partial charge < -0.3 is 15.8 Å². The number of halogens is 1. The summed E-state index contributed by atoms with van der Waals surface area (Å²) in [6.45, 7) is 7.74. The zero-order valence-corrected chi connectivity index (χ0v) is 14.7. The number of hydrogen-bond acceptors (Lipinski definition) is 3. The van der Waals surface area contributed by atoms with Crippen molar-refractivity contribution >= 4 is 21.8 Å². The Bertz CT molecular complexity index is 477. The molecule has 118 valence electrons. The first-order valence-corrected chi connectivity index (χ1v) is 8.16. The molecule has 5 heteroatoms. The monoisotopic (exact) mass is 356 g/mol. The minimum absolute atomic E-state index is 0.102. The van der Waals surface area contributed by atoms with Crippen LogP contribution in [0.4, 0.5) is 0 Å². The van der Waals surface area contributed by atoms with Gasteiger partial charge in [-0.25, -0.2) is 0 Å². The van der Waals surface area contributed by atoms with Gasteiger partial charge in [-0.15, -0.1) is 0 Å². The highest BCUT2D eigenvalue weighted by atomic mass is 79.9. The van der Waals surface area contributed by atoms with Crippen molar-refractivity contribution in [2.75, 3.05) is 0 Å². The lowest BCUT2D eigenvalue weighted by atomic mass is 10.1. The fraction of sp³-hybridized carbons (Fsp3) is 0.562. The summed E-state index contributed by atoms with van der Waals surface area (Å²) in [6.07, 6.45) is 1.45. The van der Waals surface area contributed by atoms with Crippen LogP contribution in [0.1, 0.15) is 52.1 Å². The third-order valence-corrected chi connectivity index (χ3v) is 3.74. The molecule has 1 aromatic rings. The van der Waals surface area contributed by atoms with Gasteiger partial charge in [-0.1, -0.05) is 29.3 Å². The van der Waals surface area contributed by atoms with Crippen LogP contribution >= 0.6 is 15.9 Å². The zero-order valence-electron chi connectivity index (χ0n) is 13.2. The van der Waals surface area contributed by atoms with Crippen LogP contribution in [-0.2, 0) is 4.79 Å². The smallest absolute Gasteiger partial charge is 0.260 e. The number of ether oxygens (including phenoxy) is 1. The number of hydrogen-bond donors (Lipinski definition) is 2. The van der Waals surface area contributed by atoms with E-state index in [-0.39, 0.29) is 18.0 Å². The first-order chi connectivity index (χ1) is 9.85. The van der Waals surface area contributed by atoms with E-state index in [1.165, 1.54) is 0 Å². The second-order valence-electron chi connectivity index (χ2n) is 5.43. The fourth-order valence-electron chi connectivity index (χ4n) is 2.09. The van der Waals surface area contributed by atoms with Gasteiger partial charge in [0.25, 0.3) is 5.91 Å². The van der Waals surface area contributed by atoms with Crippen molar-refractivity contribution < 1.29 is 9.53 Å². The van der Waals surface area contributed by atoms with Crippen LogP contribution in [0.3, 0.4) is 0 Å². The van der Waals surface area contributed by atoms with Crippen LogP contribution in [0.2, 0.25) is 0 Å². The van der Waals surface area contributed by atoms with Crippen LogP contribution in [0, 0.1) is 0 Å². The summed E-state index contributed by atoms with van der Waals surface area (Å²) in [7, 11) is 0. The number of amides is 1. The molecular weight excluding hydrogens is 332 g/mol. The maximum atomic E-state index is 12.1. The van der Waals surface area contributed by atoms with Crippen LogP contribution in [0.15, 0.2) is 22.7 Å². The number of nitrogens with two attached hydrogens (primary N) is 1. The van der Waals surface area contributed by atoms with Gasteiger partial charge in [0.2, 0.25) is 0 Å². The predicted molar refractivity (Wildman–Crippen MR) is 89.3 cm³/mol. The second kappa shape index (κ2) is 8.39. The molecule has 0 aliphatic rings. The molecule has 0 aliphatic heterocycles. The maximum absolute atomic E-state index is 12.1. The van der Waals surface area contributed by atoms with Crippen molar-refractivity contribution in [1.29, 1.82) is 0 Å². The Hall–Kier alpha value is -1.07. The fourth-order valence-corrected chi connectivity index (χ4v) is 2.47. The van der Waals surface area contributed by atoms with Gasteiger partial charge in [0.1, 0.15) is 5.75 Å². The van der Waals surface area contributed by atoms with E-state index in [2.05, 4.69) is 28.2 Å². The number of carbonyl (C=O) groups excluding carboxylic acids is 1. The van der Waals surface area contributed by atoms with E-state index in [4.69, 9.17) is 10.5 Å². The second-order valence-corrected chi connectivity index (χ2v) is 6.34. The molecule has 0 fully saturated rings. The normalized spacial score (nSPS) is 15.1. The van der Waals surface area contributed by atoms with E-state index < -0.39 is 6.10 Å². The standard InChI is InChI=1S/C16H25BrN2O2/c1-5-6-10(2)19-16(20)12(4)21-15-8-7-13(17)9-14(15)11(3)18/h7-12H,5-6,18H2,1-4H3,(H,19,20). The topological polar surface area (TPSA) is 64.3 Å². The average molecular weight is 357 g/mol. The maximum Gasteiger partial charge on any atom is 0.260 e. The van der Waals surface area contributed by atoms with Gasteiger partial charge in [0.05, 0.1) is 0 Å². The number of nitrogens with one attached hydrogen (secondary N) is 1. The Morgan fingerprint density at radius 2 is 2.05 bits per heavy atom. The molecular formula is C16H25BrN2O2. The van der Waals surface area contributed by atoms with E-state index in [1.807, 2.05) is 32.0 Å². The largest absolute Gasteiger partial charge is 0.481 e. The highest BCUT2D eigenvalue weighted by molar-refractivity contribution is 9.10. The van der Waals surface area contributed by atoms with Crippen molar-refractivity contribution in [3.8, 4) is 5.75 Å². The molecule has 0 spiro atoms. The molecule has 1 rings (SSSR count). The summed E-state index contributed by atoms with van der Waals surface area (Å²) in [5, 5.41) is 2.96. The zero-order chi connectivity index (χ0) is 16.0. The highest BCUT2D eigenvalue weighted by Gasteiger charge is 2.19. The van der Waals surface area contributed by atoms with Crippen LogP contribution in [0.5, 0.6) is 5.75 Å². The molecule has 3 N–H and O–H groups in total. The molecule has 3 unspecified atom stereocenters. The predicted octanol–water partition coefficient (Wildman–Crippen LogP) is 3.54. The lowest BCUT2D eigenvalue weighted by molar-refractivity contribution is -0.127. The van der Waals surface area contributed by atoms with Gasteiger partial charge in [0.15, 0.2) is 6.10 Å². The molecule has 4 nitrogen and oxygen atoms in total. The summed E-state index contributed by atoms with van der Waals surface area (Å²) in [6, 6.07) is 5.64. The SMILES string of the molecule is CCCC(C)NC(=O)C(C)Oc1ccc(Br)cc1C(C)N. The van der Waals surface area contributed by atoms with Gasteiger partial charge in [0, 0.05) is 22.1 Å². The first-order valence-electron chi connectivity index (χ1n) is 7.37. The molecule has 0 aliphatic carbocycles. The number of carbonyl (C=O) groups is 1. The van der Waals surface area contributed by atoms with E-state index in [9.17, 15) is 4.79 Å². The van der Waals surface area contributed by atoms with Gasteiger partial charge in [-0.2, -0.15) is 0 Å². The lowest BCUT2D eigenvalue weighted by Crippen LogP contribution is -2.41. The van der Waals surface area contributed by atoms with Crippen molar-refractivity contribution in [2.24, 2.45) is 5.73 Å². The van der Waals surface area contributed by atoms with Gasteiger partial charge >= 0.3 is 0 Å². The van der Waals surface area contributed by atoms with Crippen molar-refractivity contribution in [1.82, 2.24) is 5.32 Å². The molecule has 21 heavy (non-hydrogen) atoms. The minimum atomic E-state index is -0.553. The summed E-state index contributed by atoms with van der Waals surface area (Å²) < 4.78 is 6.73. The van der Waals surface area contributed by atoms with Crippen LogP contribution in [0.25, 0.3) is 0 Å². The van der Waals surface area contributed by atoms with Crippen molar-refractivity contribution in [3.63, 3.8) is 0 Å². The Balaban J connectivity index is 2.74. The molecule has 0 saturated carbocycles. The molecule has 0 heterocycles. The van der Waals surface area contributed by atoms with E-state index >= 15 is 0 Å². The number of benzene rings is 1. The molecule has 0 bridgehead atoms. The first kappa shape index (κ1) is 18.0. The Labute approximate surface area is 135 Å². The summed E-state index contributed by atoms with van der Waals surface area (Å²) >= 11 is 3.42. The Morgan fingerprint density at radius 3 is 2.62 bits per heavy atom. The molecule has 1 amide bonds. The lowest BCUT2D eigenvalue weighted by Gasteiger charge is -2.21. The van der Waals surface area contributed by atoms with E-state index in [0.29, 0.717) is 5.75 Å². The molecule has 1 aromatic carbocycles. The number of rotatable bonds is 7. The summed E-state index contributed by atoms with van der Waals surface area (Å²) in [5.41, 5.74) is 6.83. The van der Waals surface area contributed by atoms with Gasteiger partial charge in [-0.3, -0.25) is 4.79 Å². The average Bonchev–Trinajstić information content (AvgIpc) is 2.40. The van der Waals surface area contributed by atoms with E-state index in [0.717, 1.165) is 22.9 Å². The summed E-state index contributed by atoms with van der Waals surface area (Å²) in [5.74, 6) is 0.550. The third-order valence-electron chi connectivity index (χ3n) is 3.25. The minimum Gasteiger partial charge on any atom is -0.481 e. The highest BCUT2D eigenvalue weighted by Crippen LogP contribution is 2.28. The molecule has 0 aromatic heterocycles. The Kier molecular flexibility index (Phi) is 7.18. The van der Waals surface area contributed by atoms with Crippen molar-refractivity contribution in [3.05, 3.63) is 28.2 Å². The van der Waals surface area contributed by atoms with E-state index in [1.54, 1.807) is 6.92 Å². The van der Waals surface area contributed by atoms with Crippen LogP contribution < -0.4 is 15.8 Å². The van der Waals surface area contributed by atoms with Crippen LogP contribution in [-0.4, -0.2) is 18.1 Å². The third kappa shape index (κ3) is 5.67. The Morgan fingerprint density at radius 1 is 1.38 bits per heavy atom. The van der Waals surface area contributed by atoms with Gasteiger partial charge in [-0.05, 0) is 45.4 Å². The van der Waals surface area contributed by atoms with Crippen molar-refractivity contribution in [2.45, 2.75) is 58.7 Å². The quantitative estimate of drug-likeness (QED) is 0.785. The molecule has 3 atom stereocenters. The molecule has 0 saturated heterocycles. The molecule has 0 radical (unpaired) electrons. The summed E-state index contributed by atoms with van der Waals surface area (Å²) in [4.78, 5) is 12.1.